The van der Waals surface area contributed by atoms with Gasteiger partial charge >= 0.3 is 0 Å². The second-order valence-corrected chi connectivity index (χ2v) is 6.55. The van der Waals surface area contributed by atoms with Crippen molar-refractivity contribution in [1.29, 1.82) is 5.26 Å². The second kappa shape index (κ2) is 6.71. The van der Waals surface area contributed by atoms with Crippen LogP contribution in [0.3, 0.4) is 0 Å². The van der Waals surface area contributed by atoms with Crippen molar-refractivity contribution in [1.82, 2.24) is 0 Å². The number of nitrogens with two attached hydrogens (primary N) is 1. The standard InChI is InChI=1S/C16H16N2O3S/c17-11-14(16(19)13-4-2-1-3-5-13)10-12-6-8-15(9-7-12)22(18,20)21/h1-9,14,16,19H,10H2,(H2,18,20,21). The molecule has 2 rings (SSSR count). The highest BCUT2D eigenvalue weighted by molar-refractivity contribution is 7.89. The molecule has 0 aliphatic heterocycles. The number of sulfonamides is 1. The number of rotatable bonds is 5. The molecular weight excluding hydrogens is 300 g/mol. The maximum atomic E-state index is 11.2. The molecule has 0 aromatic heterocycles. The van der Waals surface area contributed by atoms with Gasteiger partial charge in [-0.15, -0.1) is 0 Å². The van der Waals surface area contributed by atoms with Crippen molar-refractivity contribution in [3.8, 4) is 6.07 Å². The molecule has 0 bridgehead atoms. The lowest BCUT2D eigenvalue weighted by Crippen LogP contribution is -2.14. The molecule has 0 saturated heterocycles. The van der Waals surface area contributed by atoms with Crippen molar-refractivity contribution >= 4 is 10.0 Å². The summed E-state index contributed by atoms with van der Waals surface area (Å²) in [4.78, 5) is 0.0216. The highest BCUT2D eigenvalue weighted by atomic mass is 32.2. The normalized spacial score (nSPS) is 14.0. The fraction of sp³-hybridized carbons (Fsp3) is 0.188. The van der Waals surface area contributed by atoms with E-state index in [0.717, 1.165) is 5.56 Å². The van der Waals surface area contributed by atoms with Crippen LogP contribution in [0.1, 0.15) is 17.2 Å². The van der Waals surface area contributed by atoms with Gasteiger partial charge in [-0.05, 0) is 29.7 Å². The Balaban J connectivity index is 2.16. The molecule has 6 heteroatoms. The summed E-state index contributed by atoms with van der Waals surface area (Å²) in [5, 5.41) is 24.6. The Labute approximate surface area is 129 Å². The minimum atomic E-state index is -3.73. The number of hydrogen-bond acceptors (Lipinski definition) is 4. The van der Waals surface area contributed by atoms with Crippen molar-refractivity contribution in [3.63, 3.8) is 0 Å². The Morgan fingerprint density at radius 1 is 1.09 bits per heavy atom. The predicted octanol–water partition coefficient (Wildman–Crippen LogP) is 1.75. The van der Waals surface area contributed by atoms with Gasteiger partial charge in [0.15, 0.2) is 0 Å². The van der Waals surface area contributed by atoms with E-state index in [1.807, 2.05) is 6.07 Å². The number of aliphatic hydroxyl groups is 1. The number of nitriles is 1. The summed E-state index contributed by atoms with van der Waals surface area (Å²) >= 11 is 0. The van der Waals surface area contributed by atoms with Crippen molar-refractivity contribution in [2.45, 2.75) is 17.4 Å². The molecule has 0 amide bonds. The van der Waals surface area contributed by atoms with Gasteiger partial charge in [0.25, 0.3) is 0 Å². The van der Waals surface area contributed by atoms with Gasteiger partial charge in [-0.2, -0.15) is 5.26 Å². The molecule has 0 fully saturated rings. The molecule has 2 atom stereocenters. The summed E-state index contributed by atoms with van der Waals surface area (Å²) in [6.45, 7) is 0. The Hall–Kier alpha value is -2.20. The van der Waals surface area contributed by atoms with Crippen LogP contribution in [-0.4, -0.2) is 13.5 Å². The van der Waals surface area contributed by atoms with Crippen LogP contribution >= 0.6 is 0 Å². The van der Waals surface area contributed by atoms with Gasteiger partial charge in [0.1, 0.15) is 0 Å². The Kier molecular flexibility index (Phi) is 4.93. The molecule has 0 saturated carbocycles. The SMILES string of the molecule is N#CC(Cc1ccc(S(N)(=O)=O)cc1)C(O)c1ccccc1. The quantitative estimate of drug-likeness (QED) is 0.876. The molecule has 0 heterocycles. The van der Waals surface area contributed by atoms with E-state index in [2.05, 4.69) is 6.07 Å². The van der Waals surface area contributed by atoms with Crippen LogP contribution in [0.5, 0.6) is 0 Å². The van der Waals surface area contributed by atoms with Crippen molar-refractivity contribution in [2.75, 3.05) is 0 Å². The highest BCUT2D eigenvalue weighted by Gasteiger charge is 2.21. The molecular formula is C16H16N2O3S. The van der Waals surface area contributed by atoms with Crippen molar-refractivity contribution in [3.05, 3.63) is 65.7 Å². The summed E-state index contributed by atoms with van der Waals surface area (Å²) < 4.78 is 22.4. The van der Waals surface area contributed by atoms with Crippen LogP contribution in [0, 0.1) is 17.2 Å². The van der Waals surface area contributed by atoms with Crippen LogP contribution in [0.25, 0.3) is 0 Å². The first kappa shape index (κ1) is 16.2. The maximum absolute atomic E-state index is 11.2. The van der Waals surface area contributed by atoms with Crippen molar-refractivity contribution in [2.24, 2.45) is 11.1 Å². The van der Waals surface area contributed by atoms with Crippen molar-refractivity contribution < 1.29 is 13.5 Å². The van der Waals surface area contributed by atoms with Gasteiger partial charge in [0.2, 0.25) is 10.0 Å². The van der Waals surface area contributed by atoms with Crippen LogP contribution in [0.4, 0.5) is 0 Å². The first-order valence-corrected chi connectivity index (χ1v) is 8.21. The minimum Gasteiger partial charge on any atom is -0.387 e. The summed E-state index contributed by atoms with van der Waals surface area (Å²) in [7, 11) is -3.73. The van der Waals surface area contributed by atoms with Gasteiger partial charge in [-0.3, -0.25) is 0 Å². The molecule has 22 heavy (non-hydrogen) atoms. The number of aliphatic hydroxyl groups excluding tert-OH is 1. The van der Waals surface area contributed by atoms with Crippen LogP contribution in [0.2, 0.25) is 0 Å². The van der Waals surface area contributed by atoms with Gasteiger partial charge < -0.3 is 5.11 Å². The molecule has 2 aromatic carbocycles. The van der Waals surface area contributed by atoms with Crippen LogP contribution < -0.4 is 5.14 Å². The summed E-state index contributed by atoms with van der Waals surface area (Å²) in [5.41, 5.74) is 1.43. The zero-order chi connectivity index (χ0) is 16.2. The largest absolute Gasteiger partial charge is 0.387 e. The lowest BCUT2D eigenvalue weighted by molar-refractivity contribution is 0.134. The molecule has 5 nitrogen and oxygen atoms in total. The Bertz CT molecular complexity index is 765. The summed E-state index contributed by atoms with van der Waals surface area (Å²) in [6, 6.07) is 17.1. The predicted molar refractivity (Wildman–Crippen MR) is 82.0 cm³/mol. The molecule has 0 aliphatic rings. The first-order chi connectivity index (χ1) is 10.4. The van der Waals surface area contributed by atoms with E-state index < -0.39 is 22.0 Å². The molecule has 0 radical (unpaired) electrons. The smallest absolute Gasteiger partial charge is 0.238 e. The number of benzene rings is 2. The molecule has 114 valence electrons. The third-order valence-electron chi connectivity index (χ3n) is 3.40. The number of primary sulfonamides is 1. The average molecular weight is 316 g/mol. The third-order valence-corrected chi connectivity index (χ3v) is 4.32. The van der Waals surface area contributed by atoms with Gasteiger partial charge in [-0.25, -0.2) is 13.6 Å². The molecule has 0 aliphatic carbocycles. The second-order valence-electron chi connectivity index (χ2n) is 4.98. The fourth-order valence-electron chi connectivity index (χ4n) is 2.18. The monoisotopic (exact) mass is 316 g/mol. The average Bonchev–Trinajstić information content (AvgIpc) is 2.52. The van der Waals surface area contributed by atoms with E-state index in [-0.39, 0.29) is 4.90 Å². The van der Waals surface area contributed by atoms with E-state index in [9.17, 15) is 18.8 Å². The summed E-state index contributed by atoms with van der Waals surface area (Å²) in [6.07, 6.45) is -0.582. The molecule has 0 spiro atoms. The Morgan fingerprint density at radius 2 is 1.68 bits per heavy atom. The number of nitrogens with zero attached hydrogens (tertiary/aromatic N) is 1. The maximum Gasteiger partial charge on any atom is 0.238 e. The topological polar surface area (TPSA) is 104 Å². The summed E-state index contributed by atoms with van der Waals surface area (Å²) in [5.74, 6) is -0.622. The first-order valence-electron chi connectivity index (χ1n) is 6.66. The van der Waals surface area contributed by atoms with E-state index in [1.165, 1.54) is 12.1 Å². The molecule has 2 unspecified atom stereocenters. The van der Waals surface area contributed by atoms with Gasteiger partial charge in [-0.1, -0.05) is 42.5 Å². The lowest BCUT2D eigenvalue weighted by Gasteiger charge is -2.17. The minimum absolute atomic E-state index is 0.0216. The zero-order valence-corrected chi connectivity index (χ0v) is 12.6. The van der Waals surface area contributed by atoms with E-state index in [4.69, 9.17) is 5.14 Å². The zero-order valence-electron chi connectivity index (χ0n) is 11.8. The van der Waals surface area contributed by atoms with Crippen LogP contribution in [-0.2, 0) is 16.4 Å². The molecule has 2 aromatic rings. The van der Waals surface area contributed by atoms with Gasteiger partial charge in [0, 0.05) is 0 Å². The van der Waals surface area contributed by atoms with E-state index in [0.29, 0.717) is 12.0 Å². The molecule has 3 N–H and O–H groups in total. The van der Waals surface area contributed by atoms with Crippen LogP contribution in [0.15, 0.2) is 59.5 Å². The van der Waals surface area contributed by atoms with E-state index in [1.54, 1.807) is 36.4 Å². The number of hydrogen-bond donors (Lipinski definition) is 2. The van der Waals surface area contributed by atoms with Gasteiger partial charge in [0.05, 0.1) is 23.0 Å². The lowest BCUT2D eigenvalue weighted by atomic mass is 9.91. The third kappa shape index (κ3) is 3.92. The van der Waals surface area contributed by atoms with E-state index >= 15 is 0 Å². The fourth-order valence-corrected chi connectivity index (χ4v) is 2.69. The Morgan fingerprint density at radius 3 is 2.18 bits per heavy atom. The highest BCUT2D eigenvalue weighted by Crippen LogP contribution is 2.25.